The summed E-state index contributed by atoms with van der Waals surface area (Å²) in [6.07, 6.45) is 0. The van der Waals surface area contributed by atoms with E-state index in [1.807, 2.05) is 18.2 Å². The number of nitrogens with two attached hydrogens (primary N) is 1. The third kappa shape index (κ3) is 2.21. The molecule has 0 heterocycles. The summed E-state index contributed by atoms with van der Waals surface area (Å²) in [5.74, 6) is 0.812. The van der Waals surface area contributed by atoms with Gasteiger partial charge in [0.1, 0.15) is 5.75 Å². The Labute approximate surface area is 88.3 Å². The van der Waals surface area contributed by atoms with Gasteiger partial charge in [0.05, 0.1) is 16.5 Å². The monoisotopic (exact) mass is 293 g/mol. The highest BCUT2D eigenvalue weighted by molar-refractivity contribution is 9.10. The summed E-state index contributed by atoms with van der Waals surface area (Å²) in [4.78, 5) is -0.125. The smallest absolute Gasteiger partial charge is 0.133 e. The molecule has 0 fully saturated rings. The summed E-state index contributed by atoms with van der Waals surface area (Å²) in [6, 6.07) is 5.72. The van der Waals surface area contributed by atoms with Crippen molar-refractivity contribution >= 4 is 31.9 Å². The van der Waals surface area contributed by atoms with Crippen molar-refractivity contribution in [3.05, 3.63) is 28.2 Å². The zero-order valence-corrected chi connectivity index (χ0v) is 9.72. The highest BCUT2D eigenvalue weighted by Gasteiger charge is 2.04. The molecule has 0 aliphatic rings. The van der Waals surface area contributed by atoms with E-state index >= 15 is 0 Å². The largest absolute Gasteiger partial charge is 0.496 e. The van der Waals surface area contributed by atoms with Gasteiger partial charge in [-0.05, 0) is 33.6 Å². The maximum Gasteiger partial charge on any atom is 0.133 e. The molecular weight excluding hydrogens is 286 g/mol. The quantitative estimate of drug-likeness (QED) is 0.672. The minimum Gasteiger partial charge on any atom is -0.496 e. The van der Waals surface area contributed by atoms with Gasteiger partial charge in [-0.3, -0.25) is 0 Å². The molecule has 2 nitrogen and oxygen atoms in total. The average Bonchev–Trinajstić information content (AvgIpc) is 2.04. The number of alkyl halides is 1. The van der Waals surface area contributed by atoms with Crippen LogP contribution in [-0.2, 0) is 0 Å². The van der Waals surface area contributed by atoms with E-state index in [9.17, 15) is 0 Å². The molecule has 0 spiro atoms. The number of ether oxygens (including phenoxy) is 1. The summed E-state index contributed by atoms with van der Waals surface area (Å²) >= 11 is 6.65. The average molecular weight is 295 g/mol. The summed E-state index contributed by atoms with van der Waals surface area (Å²) in [5, 5.41) is 0. The van der Waals surface area contributed by atoms with E-state index in [4.69, 9.17) is 10.5 Å². The fourth-order valence-corrected chi connectivity index (χ4v) is 1.70. The third-order valence-corrected chi connectivity index (χ3v) is 2.64. The van der Waals surface area contributed by atoms with E-state index in [1.54, 1.807) is 7.11 Å². The number of hydrogen-bond acceptors (Lipinski definition) is 2. The van der Waals surface area contributed by atoms with Crippen molar-refractivity contribution in [2.75, 3.05) is 7.11 Å². The Morgan fingerprint density at radius 3 is 2.58 bits per heavy atom. The van der Waals surface area contributed by atoms with Gasteiger partial charge in [0.2, 0.25) is 0 Å². The van der Waals surface area contributed by atoms with Crippen molar-refractivity contribution in [1.29, 1.82) is 0 Å². The molecule has 2 N–H and O–H groups in total. The summed E-state index contributed by atoms with van der Waals surface area (Å²) in [7, 11) is 1.63. The highest BCUT2D eigenvalue weighted by atomic mass is 79.9. The lowest BCUT2D eigenvalue weighted by Crippen LogP contribution is -2.01. The predicted molar refractivity (Wildman–Crippen MR) is 56.5 cm³/mol. The lowest BCUT2D eigenvalue weighted by atomic mass is 10.2. The third-order valence-electron chi connectivity index (χ3n) is 1.49. The first-order valence-corrected chi connectivity index (χ1v) is 5.09. The van der Waals surface area contributed by atoms with Gasteiger partial charge in [0.15, 0.2) is 0 Å². The molecule has 4 heteroatoms. The van der Waals surface area contributed by atoms with E-state index in [-0.39, 0.29) is 4.95 Å². The van der Waals surface area contributed by atoms with Crippen LogP contribution < -0.4 is 10.5 Å². The van der Waals surface area contributed by atoms with Crippen LogP contribution in [0.3, 0.4) is 0 Å². The number of halogens is 2. The maximum absolute atomic E-state index is 5.63. The molecule has 0 radical (unpaired) electrons. The summed E-state index contributed by atoms with van der Waals surface area (Å²) in [6.45, 7) is 0. The van der Waals surface area contributed by atoms with Crippen LogP contribution in [0, 0.1) is 0 Å². The molecule has 0 amide bonds. The topological polar surface area (TPSA) is 35.2 Å². The van der Waals surface area contributed by atoms with Gasteiger partial charge in [-0.1, -0.05) is 22.0 Å². The Hall–Kier alpha value is -0.0600. The Morgan fingerprint density at radius 1 is 1.50 bits per heavy atom. The number of methoxy groups -OCH3 is 1. The van der Waals surface area contributed by atoms with Gasteiger partial charge in [-0.15, -0.1) is 0 Å². The molecular formula is C8H9Br2NO. The zero-order valence-electron chi connectivity index (χ0n) is 6.55. The van der Waals surface area contributed by atoms with Crippen LogP contribution in [0.15, 0.2) is 22.7 Å². The first-order valence-electron chi connectivity index (χ1n) is 3.38. The second-order valence-electron chi connectivity index (χ2n) is 2.30. The van der Waals surface area contributed by atoms with Gasteiger partial charge in [0.25, 0.3) is 0 Å². The Morgan fingerprint density at radius 2 is 2.17 bits per heavy atom. The molecule has 66 valence electrons. The Kier molecular flexibility index (Phi) is 3.55. The van der Waals surface area contributed by atoms with Gasteiger partial charge < -0.3 is 10.5 Å². The van der Waals surface area contributed by atoms with Crippen LogP contribution in [0.4, 0.5) is 0 Å². The normalized spacial score (nSPS) is 12.7. The SMILES string of the molecule is COc1ccc(C(N)Br)cc1Br. The second kappa shape index (κ2) is 4.25. The molecule has 0 saturated heterocycles. The molecule has 0 aliphatic heterocycles. The number of benzene rings is 1. The molecule has 1 unspecified atom stereocenters. The minimum absolute atomic E-state index is 0.125. The molecule has 12 heavy (non-hydrogen) atoms. The van der Waals surface area contributed by atoms with Crippen LogP contribution in [0.1, 0.15) is 10.5 Å². The van der Waals surface area contributed by atoms with Crippen LogP contribution >= 0.6 is 31.9 Å². The van der Waals surface area contributed by atoms with Crippen LogP contribution in [0.25, 0.3) is 0 Å². The van der Waals surface area contributed by atoms with Crippen molar-refractivity contribution in [2.24, 2.45) is 5.73 Å². The Bertz CT molecular complexity index is 276. The van der Waals surface area contributed by atoms with Crippen molar-refractivity contribution < 1.29 is 4.74 Å². The first-order chi connectivity index (χ1) is 5.65. The van der Waals surface area contributed by atoms with Crippen LogP contribution in [0.2, 0.25) is 0 Å². The first kappa shape index (κ1) is 10.0. The molecule has 1 atom stereocenters. The lowest BCUT2D eigenvalue weighted by molar-refractivity contribution is 0.412. The van der Waals surface area contributed by atoms with E-state index in [0.29, 0.717) is 0 Å². The molecule has 0 aliphatic carbocycles. The van der Waals surface area contributed by atoms with Crippen molar-refractivity contribution in [3.8, 4) is 5.75 Å². The molecule has 1 rings (SSSR count). The minimum atomic E-state index is -0.125. The number of rotatable bonds is 2. The van der Waals surface area contributed by atoms with E-state index in [2.05, 4.69) is 31.9 Å². The fraction of sp³-hybridized carbons (Fsp3) is 0.250. The maximum atomic E-state index is 5.63. The fourth-order valence-electron chi connectivity index (χ4n) is 0.854. The molecule has 1 aromatic rings. The van der Waals surface area contributed by atoms with Crippen LogP contribution in [-0.4, -0.2) is 7.11 Å². The lowest BCUT2D eigenvalue weighted by Gasteiger charge is -2.07. The van der Waals surface area contributed by atoms with Gasteiger partial charge in [-0.2, -0.15) is 0 Å². The standard InChI is InChI=1S/C8H9Br2NO/c1-12-7-3-2-5(8(10)11)4-6(7)9/h2-4,8H,11H2,1H3. The second-order valence-corrected chi connectivity index (χ2v) is 4.14. The van der Waals surface area contributed by atoms with Gasteiger partial charge in [0, 0.05) is 0 Å². The number of hydrogen-bond donors (Lipinski definition) is 1. The van der Waals surface area contributed by atoms with Crippen molar-refractivity contribution in [1.82, 2.24) is 0 Å². The van der Waals surface area contributed by atoms with E-state index < -0.39 is 0 Å². The van der Waals surface area contributed by atoms with Crippen molar-refractivity contribution in [3.63, 3.8) is 0 Å². The molecule has 0 bridgehead atoms. The zero-order chi connectivity index (χ0) is 9.14. The summed E-state index contributed by atoms with van der Waals surface area (Å²) in [5.41, 5.74) is 6.65. The molecule has 0 saturated carbocycles. The van der Waals surface area contributed by atoms with E-state index in [1.165, 1.54) is 0 Å². The summed E-state index contributed by atoms with van der Waals surface area (Å²) < 4.78 is 5.99. The molecule has 0 aromatic heterocycles. The predicted octanol–water partition coefficient (Wildman–Crippen LogP) is 2.81. The Balaban J connectivity index is 3.02. The molecule has 1 aromatic carbocycles. The van der Waals surface area contributed by atoms with Gasteiger partial charge >= 0.3 is 0 Å². The van der Waals surface area contributed by atoms with Crippen molar-refractivity contribution in [2.45, 2.75) is 4.95 Å². The van der Waals surface area contributed by atoms with Gasteiger partial charge in [-0.25, -0.2) is 0 Å². The van der Waals surface area contributed by atoms with E-state index in [0.717, 1.165) is 15.8 Å². The van der Waals surface area contributed by atoms with Crippen LogP contribution in [0.5, 0.6) is 5.75 Å². The highest BCUT2D eigenvalue weighted by Crippen LogP contribution is 2.28.